The van der Waals surface area contributed by atoms with E-state index in [0.717, 1.165) is 24.2 Å². The Morgan fingerprint density at radius 2 is 1.36 bits per heavy atom. The maximum absolute atomic E-state index is 10.9. The van der Waals surface area contributed by atoms with Gasteiger partial charge in [0.15, 0.2) is 0 Å². The third-order valence-electron chi connectivity index (χ3n) is 18.0. The standard InChI is InChI=1S/C41H73NO8/c1-23(9-10-26(44)32(46)27(45)21-50-35-31(42)33(47)34(48)41(35,49)22-43)24-13-18-37(4)25(24)14-19-39(6)29(37)11-12-30-38(5)17-8-16-36(2,3)28(38)15-20-40(30,39)7/h23-35,43-49H,8-22,42H2,1-7H3/t23-,24-,25+,26-,27+,28+,29-,30-,31-,32-,33-,34+,35-,37+,38+,39-,40-,41+/m1/s1. The van der Waals surface area contributed by atoms with Gasteiger partial charge >= 0.3 is 0 Å². The molecule has 0 aromatic rings. The monoisotopic (exact) mass is 708 g/mol. The van der Waals surface area contributed by atoms with Crippen LogP contribution in [0, 0.1) is 62.6 Å². The number of hydrogen-bond donors (Lipinski definition) is 8. The van der Waals surface area contributed by atoms with Gasteiger partial charge in [0.25, 0.3) is 0 Å². The zero-order valence-electron chi connectivity index (χ0n) is 32.2. The van der Waals surface area contributed by atoms with E-state index in [1.54, 1.807) is 0 Å². The van der Waals surface area contributed by atoms with Crippen LogP contribution in [-0.4, -0.2) is 97.2 Å². The zero-order valence-corrected chi connectivity index (χ0v) is 32.2. The van der Waals surface area contributed by atoms with Gasteiger partial charge in [0.1, 0.15) is 36.1 Å². The molecule has 9 nitrogen and oxygen atoms in total. The van der Waals surface area contributed by atoms with E-state index >= 15 is 0 Å². The molecule has 50 heavy (non-hydrogen) atoms. The van der Waals surface area contributed by atoms with E-state index in [2.05, 4.69) is 48.5 Å². The minimum Gasteiger partial charge on any atom is -0.393 e. The van der Waals surface area contributed by atoms with Gasteiger partial charge in [-0.15, -0.1) is 0 Å². The van der Waals surface area contributed by atoms with Crippen LogP contribution in [0.1, 0.15) is 132 Å². The number of fused-ring (bicyclic) bond motifs is 7. The van der Waals surface area contributed by atoms with Crippen LogP contribution >= 0.6 is 0 Å². The van der Waals surface area contributed by atoms with Crippen molar-refractivity contribution in [2.45, 2.75) is 180 Å². The van der Waals surface area contributed by atoms with Gasteiger partial charge in [-0.05, 0) is 140 Å². The molecule has 0 aromatic heterocycles. The highest BCUT2D eigenvalue weighted by molar-refractivity contribution is 5.19. The highest BCUT2D eigenvalue weighted by Gasteiger charge is 2.70. The third-order valence-corrected chi connectivity index (χ3v) is 18.0. The molecule has 6 aliphatic rings. The topological polar surface area (TPSA) is 177 Å². The smallest absolute Gasteiger partial charge is 0.144 e. The summed E-state index contributed by atoms with van der Waals surface area (Å²) >= 11 is 0. The number of nitrogens with two attached hydrogens (primary N) is 1. The molecule has 0 saturated heterocycles. The first-order chi connectivity index (χ1) is 23.2. The lowest BCUT2D eigenvalue weighted by Crippen LogP contribution is -2.65. The van der Waals surface area contributed by atoms with Crippen LogP contribution in [0.25, 0.3) is 0 Å². The Morgan fingerprint density at radius 1 is 0.740 bits per heavy atom. The fourth-order valence-corrected chi connectivity index (χ4v) is 15.0. The van der Waals surface area contributed by atoms with Gasteiger partial charge in [-0.1, -0.05) is 54.9 Å². The van der Waals surface area contributed by atoms with Crippen LogP contribution < -0.4 is 5.73 Å². The summed E-state index contributed by atoms with van der Waals surface area (Å²) in [4.78, 5) is 0. The summed E-state index contributed by atoms with van der Waals surface area (Å²) in [7, 11) is 0. The molecule has 6 aliphatic carbocycles. The molecule has 0 spiro atoms. The Balaban J connectivity index is 1.06. The first-order valence-electron chi connectivity index (χ1n) is 20.3. The summed E-state index contributed by atoms with van der Waals surface area (Å²) in [5.41, 5.74) is 5.67. The normalized spacial score (nSPS) is 52.3. The second-order valence-corrected chi connectivity index (χ2v) is 20.4. The minimum atomic E-state index is -2.20. The van der Waals surface area contributed by atoms with Gasteiger partial charge < -0.3 is 46.2 Å². The average Bonchev–Trinajstić information content (AvgIpc) is 3.49. The van der Waals surface area contributed by atoms with Crippen molar-refractivity contribution in [3.63, 3.8) is 0 Å². The van der Waals surface area contributed by atoms with Crippen molar-refractivity contribution in [3.8, 4) is 0 Å². The fourth-order valence-electron chi connectivity index (χ4n) is 15.0. The number of aliphatic hydroxyl groups is 7. The molecule has 0 radical (unpaired) electrons. The highest BCUT2D eigenvalue weighted by Crippen LogP contribution is 2.78. The Morgan fingerprint density at radius 3 is 2.00 bits per heavy atom. The van der Waals surface area contributed by atoms with Crippen molar-refractivity contribution in [1.82, 2.24) is 0 Å². The van der Waals surface area contributed by atoms with E-state index < -0.39 is 61.5 Å². The molecular formula is C41H73NO8. The molecule has 0 amide bonds. The molecule has 0 aromatic carbocycles. The maximum atomic E-state index is 10.9. The summed E-state index contributed by atoms with van der Waals surface area (Å²) in [5, 5.41) is 72.9. The molecule has 6 rings (SSSR count). The minimum absolute atomic E-state index is 0.327. The average molecular weight is 708 g/mol. The molecule has 9 heteroatoms. The van der Waals surface area contributed by atoms with E-state index in [1.165, 1.54) is 70.6 Å². The van der Waals surface area contributed by atoms with E-state index in [-0.39, 0.29) is 0 Å². The lowest BCUT2D eigenvalue weighted by molar-refractivity contribution is -0.241. The van der Waals surface area contributed by atoms with Crippen molar-refractivity contribution < 1.29 is 40.5 Å². The summed E-state index contributed by atoms with van der Waals surface area (Å²) in [6.07, 6.45) is 7.11. The first kappa shape index (κ1) is 39.3. The van der Waals surface area contributed by atoms with Gasteiger partial charge in [-0.25, -0.2) is 0 Å². The lowest BCUT2D eigenvalue weighted by atomic mass is 9.32. The summed E-state index contributed by atoms with van der Waals surface area (Å²) in [6.45, 7) is 16.8. The van der Waals surface area contributed by atoms with Crippen molar-refractivity contribution in [2.75, 3.05) is 13.2 Å². The quantitative estimate of drug-likeness (QED) is 0.166. The molecule has 18 atom stereocenters. The fraction of sp³-hybridized carbons (Fsp3) is 1.00. The Hall–Kier alpha value is -0.360. The molecule has 0 aliphatic heterocycles. The van der Waals surface area contributed by atoms with E-state index in [4.69, 9.17) is 10.5 Å². The van der Waals surface area contributed by atoms with Crippen LogP contribution in [0.2, 0.25) is 0 Å². The molecular weight excluding hydrogens is 634 g/mol. The van der Waals surface area contributed by atoms with Crippen LogP contribution in [0.3, 0.4) is 0 Å². The Labute approximate surface area is 301 Å². The lowest BCUT2D eigenvalue weighted by Gasteiger charge is -2.73. The van der Waals surface area contributed by atoms with Crippen LogP contribution in [0.5, 0.6) is 0 Å². The van der Waals surface area contributed by atoms with Crippen LogP contribution in [-0.2, 0) is 4.74 Å². The number of rotatable bonds is 10. The Bertz CT molecular complexity index is 1220. The number of ether oxygens (including phenoxy) is 1. The van der Waals surface area contributed by atoms with Gasteiger partial charge in [0, 0.05) is 0 Å². The van der Waals surface area contributed by atoms with Crippen molar-refractivity contribution in [2.24, 2.45) is 68.3 Å². The molecule has 9 N–H and O–H groups in total. The highest BCUT2D eigenvalue weighted by atomic mass is 16.5. The van der Waals surface area contributed by atoms with Crippen molar-refractivity contribution in [1.29, 1.82) is 0 Å². The number of aliphatic hydroxyl groups excluding tert-OH is 6. The zero-order chi connectivity index (χ0) is 36.8. The van der Waals surface area contributed by atoms with Gasteiger partial charge in [-0.2, -0.15) is 0 Å². The van der Waals surface area contributed by atoms with Gasteiger partial charge in [0.05, 0.1) is 25.4 Å². The van der Waals surface area contributed by atoms with Crippen LogP contribution in [0.4, 0.5) is 0 Å². The molecule has 0 heterocycles. The molecule has 6 saturated carbocycles. The second kappa shape index (κ2) is 13.4. The SMILES string of the molecule is C[C@H](CC[C@@H](O)[C@@H](O)[C@@H](O)CO[C@@H]1[C@H](N)[C@@H](O)[C@H](O)[C@@]1(O)CO)[C@H]1CC[C@]2(C)[C@H]3CC[C@@H]4[C@@]5(C)CCCC(C)(C)[C@@H]5CC[C@@]4(C)[C@]3(C)CC[C@@H]12. The van der Waals surface area contributed by atoms with Crippen molar-refractivity contribution >= 4 is 0 Å². The molecule has 0 unspecified atom stereocenters. The van der Waals surface area contributed by atoms with Crippen LogP contribution in [0.15, 0.2) is 0 Å². The maximum Gasteiger partial charge on any atom is 0.144 e. The summed E-state index contributed by atoms with van der Waals surface area (Å²) in [6, 6.07) is -1.20. The molecule has 6 fully saturated rings. The second-order valence-electron chi connectivity index (χ2n) is 20.4. The van der Waals surface area contributed by atoms with Gasteiger partial charge in [0.2, 0.25) is 0 Å². The predicted octanol–water partition coefficient (Wildman–Crippen LogP) is 4.15. The first-order valence-corrected chi connectivity index (χ1v) is 20.3. The summed E-state index contributed by atoms with van der Waals surface area (Å²) in [5.74, 6) is 4.03. The third kappa shape index (κ3) is 5.72. The molecule has 0 bridgehead atoms. The van der Waals surface area contributed by atoms with Gasteiger partial charge in [-0.3, -0.25) is 0 Å². The molecule has 290 valence electrons. The summed E-state index contributed by atoms with van der Waals surface area (Å²) < 4.78 is 5.53. The Kier molecular flexibility index (Phi) is 10.6. The van der Waals surface area contributed by atoms with E-state index in [0.29, 0.717) is 51.2 Å². The number of hydrogen-bond acceptors (Lipinski definition) is 9. The van der Waals surface area contributed by atoms with E-state index in [1.807, 2.05) is 0 Å². The predicted molar refractivity (Wildman–Crippen MR) is 193 cm³/mol. The van der Waals surface area contributed by atoms with Crippen molar-refractivity contribution in [3.05, 3.63) is 0 Å². The largest absolute Gasteiger partial charge is 0.393 e. The van der Waals surface area contributed by atoms with E-state index in [9.17, 15) is 35.7 Å².